The van der Waals surface area contributed by atoms with Crippen LogP contribution in [0, 0.1) is 25.2 Å². The average molecular weight is 349 g/mol. The zero-order chi connectivity index (χ0) is 18.8. The van der Waals surface area contributed by atoms with Gasteiger partial charge in [0.25, 0.3) is 5.91 Å². The van der Waals surface area contributed by atoms with Gasteiger partial charge in [-0.15, -0.1) is 0 Å². The largest absolute Gasteiger partial charge is 0.375 e. The predicted octanol–water partition coefficient (Wildman–Crippen LogP) is 3.41. The fourth-order valence-electron chi connectivity index (χ4n) is 2.77. The molecule has 1 aromatic carbocycles. The first-order chi connectivity index (χ1) is 12.5. The van der Waals surface area contributed by atoms with Crippen LogP contribution in [0.5, 0.6) is 0 Å². The van der Waals surface area contributed by atoms with E-state index in [-0.39, 0.29) is 12.0 Å². The van der Waals surface area contributed by atoms with Gasteiger partial charge in [-0.25, -0.2) is 4.98 Å². The van der Waals surface area contributed by atoms with Gasteiger partial charge >= 0.3 is 0 Å². The van der Waals surface area contributed by atoms with Gasteiger partial charge in [-0.3, -0.25) is 9.89 Å². The minimum absolute atomic E-state index is 0.143. The number of rotatable bonds is 4. The summed E-state index contributed by atoms with van der Waals surface area (Å²) < 4.78 is 5.35. The number of carbonyl (C=O) groups is 1. The van der Waals surface area contributed by atoms with Crippen LogP contribution in [0.2, 0.25) is 0 Å². The molecule has 0 radical (unpaired) electrons. The van der Waals surface area contributed by atoms with Crippen molar-refractivity contribution < 1.29 is 9.53 Å². The highest BCUT2D eigenvalue weighted by molar-refractivity contribution is 6.05. The second-order valence-electron chi connectivity index (χ2n) is 6.08. The number of carbonyl (C=O) groups excluding carboxylic acids is 1. The number of hydrogen-bond donors (Lipinski definition) is 2. The van der Waals surface area contributed by atoms with E-state index in [1.807, 2.05) is 26.0 Å². The number of ether oxygens (including phenoxy) is 1. The van der Waals surface area contributed by atoms with E-state index in [0.29, 0.717) is 22.5 Å². The molecule has 0 fully saturated rings. The number of amides is 1. The van der Waals surface area contributed by atoms with Crippen LogP contribution in [0.3, 0.4) is 0 Å². The van der Waals surface area contributed by atoms with Gasteiger partial charge in [0.2, 0.25) is 0 Å². The second kappa shape index (κ2) is 6.94. The number of H-pyrrole nitrogens is 1. The fourth-order valence-corrected chi connectivity index (χ4v) is 2.77. The van der Waals surface area contributed by atoms with Crippen LogP contribution in [-0.4, -0.2) is 28.2 Å². The van der Waals surface area contributed by atoms with E-state index >= 15 is 0 Å². The van der Waals surface area contributed by atoms with Crippen molar-refractivity contribution in [2.24, 2.45) is 0 Å². The van der Waals surface area contributed by atoms with Crippen molar-refractivity contribution in [1.29, 1.82) is 5.26 Å². The van der Waals surface area contributed by atoms with E-state index in [4.69, 9.17) is 10.00 Å². The lowest BCUT2D eigenvalue weighted by Crippen LogP contribution is -2.16. The van der Waals surface area contributed by atoms with E-state index < -0.39 is 0 Å². The summed E-state index contributed by atoms with van der Waals surface area (Å²) in [5.41, 5.74) is 4.51. The predicted molar refractivity (Wildman–Crippen MR) is 97.9 cm³/mol. The van der Waals surface area contributed by atoms with Crippen LogP contribution in [0.4, 0.5) is 5.69 Å². The average Bonchev–Trinajstić information content (AvgIpc) is 3.06. The maximum absolute atomic E-state index is 12.6. The standard InChI is InChI=1S/C19H19N5O2/c1-10-11(2)17(21-9-13(10)8-20)19(25)22-14-5-6-16-15(7-14)18(24-23-16)12(3)26-4/h5-7,9,12H,1-4H3,(H,22,25)(H,23,24). The van der Waals surface area contributed by atoms with Crippen molar-refractivity contribution in [3.05, 3.63) is 52.5 Å². The lowest BCUT2D eigenvalue weighted by Gasteiger charge is -2.11. The third kappa shape index (κ3) is 3.03. The molecule has 0 bridgehead atoms. The summed E-state index contributed by atoms with van der Waals surface area (Å²) in [4.78, 5) is 16.8. The van der Waals surface area contributed by atoms with Gasteiger partial charge in [-0.05, 0) is 50.1 Å². The van der Waals surface area contributed by atoms with Crippen molar-refractivity contribution in [2.75, 3.05) is 12.4 Å². The van der Waals surface area contributed by atoms with E-state index in [1.54, 1.807) is 20.1 Å². The van der Waals surface area contributed by atoms with Gasteiger partial charge in [0, 0.05) is 24.4 Å². The number of hydrogen-bond acceptors (Lipinski definition) is 5. The Labute approximate surface area is 151 Å². The molecule has 0 aliphatic heterocycles. The van der Waals surface area contributed by atoms with Crippen LogP contribution in [0.1, 0.15) is 45.9 Å². The molecule has 3 rings (SSSR count). The normalized spacial score (nSPS) is 12.0. The summed E-state index contributed by atoms with van der Waals surface area (Å²) in [6.07, 6.45) is 1.28. The van der Waals surface area contributed by atoms with Gasteiger partial charge in [0.1, 0.15) is 11.8 Å². The molecule has 1 amide bonds. The Kier molecular flexibility index (Phi) is 4.69. The molecule has 0 aliphatic carbocycles. The minimum Gasteiger partial charge on any atom is -0.375 e. The van der Waals surface area contributed by atoms with Crippen LogP contribution < -0.4 is 5.32 Å². The topological polar surface area (TPSA) is 104 Å². The van der Waals surface area contributed by atoms with Gasteiger partial charge < -0.3 is 10.1 Å². The van der Waals surface area contributed by atoms with Crippen LogP contribution in [-0.2, 0) is 4.74 Å². The Balaban J connectivity index is 1.93. The molecule has 7 heteroatoms. The molecule has 0 saturated heterocycles. The Morgan fingerprint density at radius 3 is 2.81 bits per heavy atom. The monoisotopic (exact) mass is 349 g/mol. The molecular formula is C19H19N5O2. The molecule has 0 saturated carbocycles. The van der Waals surface area contributed by atoms with Gasteiger partial charge in [-0.2, -0.15) is 10.4 Å². The highest BCUT2D eigenvalue weighted by Crippen LogP contribution is 2.26. The summed E-state index contributed by atoms with van der Waals surface area (Å²) in [7, 11) is 1.63. The maximum atomic E-state index is 12.6. The number of aromatic nitrogens is 3. The molecule has 1 unspecified atom stereocenters. The molecule has 2 heterocycles. The zero-order valence-electron chi connectivity index (χ0n) is 15.0. The summed E-state index contributed by atoms with van der Waals surface area (Å²) in [5, 5.41) is 20.0. The Hall–Kier alpha value is -3.24. The number of nitriles is 1. The number of benzene rings is 1. The first-order valence-electron chi connectivity index (χ1n) is 8.14. The number of nitrogens with one attached hydrogen (secondary N) is 2. The number of fused-ring (bicyclic) bond motifs is 1. The van der Waals surface area contributed by atoms with E-state index in [2.05, 4.69) is 26.6 Å². The van der Waals surface area contributed by atoms with Crippen molar-refractivity contribution in [2.45, 2.75) is 26.9 Å². The van der Waals surface area contributed by atoms with Crippen molar-refractivity contribution in [3.63, 3.8) is 0 Å². The highest BCUT2D eigenvalue weighted by atomic mass is 16.5. The quantitative estimate of drug-likeness (QED) is 0.751. The number of anilines is 1. The molecular weight excluding hydrogens is 330 g/mol. The molecule has 2 aromatic heterocycles. The fraction of sp³-hybridized carbons (Fsp3) is 0.263. The summed E-state index contributed by atoms with van der Waals surface area (Å²) in [6, 6.07) is 7.55. The first kappa shape index (κ1) is 17.6. The molecule has 2 N–H and O–H groups in total. The first-order valence-corrected chi connectivity index (χ1v) is 8.14. The summed E-state index contributed by atoms with van der Waals surface area (Å²) in [6.45, 7) is 5.52. The Morgan fingerprint density at radius 2 is 2.12 bits per heavy atom. The minimum atomic E-state index is -0.320. The number of nitrogens with zero attached hydrogens (tertiary/aromatic N) is 3. The lowest BCUT2D eigenvalue weighted by molar-refractivity contribution is 0.102. The third-order valence-electron chi connectivity index (χ3n) is 4.58. The second-order valence-corrected chi connectivity index (χ2v) is 6.08. The summed E-state index contributed by atoms with van der Waals surface area (Å²) >= 11 is 0. The van der Waals surface area contributed by atoms with E-state index in [0.717, 1.165) is 22.2 Å². The van der Waals surface area contributed by atoms with Crippen LogP contribution in [0.25, 0.3) is 10.9 Å². The van der Waals surface area contributed by atoms with Crippen molar-refractivity contribution in [3.8, 4) is 6.07 Å². The van der Waals surface area contributed by atoms with E-state index in [1.165, 1.54) is 6.20 Å². The van der Waals surface area contributed by atoms with Gasteiger partial charge in [0.15, 0.2) is 0 Å². The number of pyridine rings is 1. The third-order valence-corrected chi connectivity index (χ3v) is 4.58. The lowest BCUT2D eigenvalue weighted by atomic mass is 10.0. The van der Waals surface area contributed by atoms with Crippen molar-refractivity contribution in [1.82, 2.24) is 15.2 Å². The molecule has 132 valence electrons. The van der Waals surface area contributed by atoms with Crippen LogP contribution in [0.15, 0.2) is 24.4 Å². The molecule has 26 heavy (non-hydrogen) atoms. The number of methoxy groups -OCH3 is 1. The molecule has 3 aromatic rings. The van der Waals surface area contributed by atoms with Crippen LogP contribution >= 0.6 is 0 Å². The molecule has 1 atom stereocenters. The Morgan fingerprint density at radius 1 is 1.35 bits per heavy atom. The van der Waals surface area contributed by atoms with Gasteiger partial charge in [-0.1, -0.05) is 0 Å². The molecule has 0 aliphatic rings. The highest BCUT2D eigenvalue weighted by Gasteiger charge is 2.17. The van der Waals surface area contributed by atoms with E-state index in [9.17, 15) is 4.79 Å². The Bertz CT molecular complexity index is 1030. The number of aromatic amines is 1. The van der Waals surface area contributed by atoms with Gasteiger partial charge in [0.05, 0.1) is 22.9 Å². The smallest absolute Gasteiger partial charge is 0.274 e. The summed E-state index contributed by atoms with van der Waals surface area (Å²) in [5.74, 6) is -0.320. The zero-order valence-corrected chi connectivity index (χ0v) is 15.0. The SMILES string of the molecule is COC(C)c1[nH]nc2ccc(NC(=O)c3ncc(C#N)c(C)c3C)cc12. The van der Waals surface area contributed by atoms with Crippen molar-refractivity contribution >= 4 is 22.5 Å². The maximum Gasteiger partial charge on any atom is 0.274 e. The molecule has 7 nitrogen and oxygen atoms in total. The molecule has 0 spiro atoms.